The number of carbonyl (C=O) groups is 1. The Labute approximate surface area is 109 Å². The molecular formula is C13H16F3NO2. The third-order valence-corrected chi connectivity index (χ3v) is 2.58. The number of likely N-dealkylation sites (N-methyl/N-ethyl adjacent to an activating group) is 1. The summed E-state index contributed by atoms with van der Waals surface area (Å²) < 4.78 is 40.0. The molecule has 0 heterocycles. The zero-order chi connectivity index (χ0) is 14.3. The van der Waals surface area contributed by atoms with Gasteiger partial charge in [-0.05, 0) is 25.5 Å². The van der Waals surface area contributed by atoms with Crippen LogP contribution in [0.2, 0.25) is 0 Å². The second-order valence-corrected chi connectivity index (χ2v) is 4.09. The van der Waals surface area contributed by atoms with Gasteiger partial charge in [-0.25, -0.2) is 0 Å². The van der Waals surface area contributed by atoms with Crippen LogP contribution in [0.5, 0.6) is 0 Å². The highest BCUT2D eigenvalue weighted by Gasteiger charge is 2.31. The Balaban J connectivity index is 2.42. The van der Waals surface area contributed by atoms with E-state index in [0.717, 1.165) is 5.56 Å². The molecular weight excluding hydrogens is 259 g/mol. The average Bonchev–Trinajstić information content (AvgIpc) is 2.37. The van der Waals surface area contributed by atoms with Gasteiger partial charge in [-0.3, -0.25) is 4.79 Å². The highest BCUT2D eigenvalue weighted by molar-refractivity contribution is 5.75. The Morgan fingerprint density at radius 1 is 1.32 bits per heavy atom. The van der Waals surface area contributed by atoms with E-state index in [2.05, 4.69) is 10.1 Å². The Morgan fingerprint density at radius 2 is 1.95 bits per heavy atom. The van der Waals surface area contributed by atoms with Crippen molar-refractivity contribution in [3.8, 4) is 0 Å². The number of esters is 1. The van der Waals surface area contributed by atoms with Gasteiger partial charge in [0.2, 0.25) is 0 Å². The Kier molecular flexibility index (Phi) is 5.82. The van der Waals surface area contributed by atoms with Gasteiger partial charge in [0.25, 0.3) is 0 Å². The summed E-state index contributed by atoms with van der Waals surface area (Å²) in [6, 6.07) is 8.66. The van der Waals surface area contributed by atoms with Crippen molar-refractivity contribution in [2.75, 3.05) is 13.7 Å². The number of hydrogen-bond acceptors (Lipinski definition) is 3. The number of halogens is 3. The van der Waals surface area contributed by atoms with E-state index in [0.29, 0.717) is 12.8 Å². The van der Waals surface area contributed by atoms with Crippen molar-refractivity contribution < 1.29 is 22.7 Å². The molecule has 0 bridgehead atoms. The molecule has 3 nitrogen and oxygen atoms in total. The van der Waals surface area contributed by atoms with Crippen molar-refractivity contribution in [1.29, 1.82) is 0 Å². The van der Waals surface area contributed by atoms with Crippen molar-refractivity contribution in [2.45, 2.75) is 25.1 Å². The van der Waals surface area contributed by atoms with E-state index in [1.165, 1.54) is 7.05 Å². The van der Waals surface area contributed by atoms with Gasteiger partial charge in [-0.2, -0.15) is 13.2 Å². The topological polar surface area (TPSA) is 38.3 Å². The summed E-state index contributed by atoms with van der Waals surface area (Å²) in [7, 11) is 1.52. The third-order valence-electron chi connectivity index (χ3n) is 2.58. The predicted molar refractivity (Wildman–Crippen MR) is 64.6 cm³/mol. The Hall–Kier alpha value is -1.56. The SMILES string of the molecule is CN[C@@H](CCc1ccccc1)C(=O)OCC(F)(F)F. The van der Waals surface area contributed by atoms with Crippen LogP contribution in [-0.2, 0) is 16.0 Å². The second-order valence-electron chi connectivity index (χ2n) is 4.09. The zero-order valence-electron chi connectivity index (χ0n) is 10.5. The minimum Gasteiger partial charge on any atom is -0.455 e. The van der Waals surface area contributed by atoms with Crippen molar-refractivity contribution in [3.63, 3.8) is 0 Å². The summed E-state index contributed by atoms with van der Waals surface area (Å²) in [5, 5.41) is 2.67. The van der Waals surface area contributed by atoms with Crippen LogP contribution >= 0.6 is 0 Å². The number of aryl methyl sites for hydroxylation is 1. The summed E-state index contributed by atoms with van der Waals surface area (Å²) in [5.74, 6) is -0.879. The number of ether oxygens (including phenoxy) is 1. The highest BCUT2D eigenvalue weighted by atomic mass is 19.4. The summed E-state index contributed by atoms with van der Waals surface area (Å²) in [5.41, 5.74) is 1.02. The molecule has 0 aliphatic rings. The first-order chi connectivity index (χ1) is 8.92. The summed E-state index contributed by atoms with van der Waals surface area (Å²) in [4.78, 5) is 11.5. The quantitative estimate of drug-likeness (QED) is 0.810. The van der Waals surface area contributed by atoms with Crippen LogP contribution in [-0.4, -0.2) is 31.8 Å². The molecule has 6 heteroatoms. The Morgan fingerprint density at radius 3 is 2.47 bits per heavy atom. The summed E-state index contributed by atoms with van der Waals surface area (Å²) >= 11 is 0. The number of carbonyl (C=O) groups excluding carboxylic acids is 1. The lowest BCUT2D eigenvalue weighted by atomic mass is 10.1. The molecule has 0 saturated carbocycles. The molecule has 1 N–H and O–H groups in total. The van der Waals surface area contributed by atoms with Gasteiger partial charge >= 0.3 is 12.1 Å². The first kappa shape index (κ1) is 15.5. The van der Waals surface area contributed by atoms with Crippen LogP contribution in [0.25, 0.3) is 0 Å². The fourth-order valence-corrected chi connectivity index (χ4v) is 1.59. The largest absolute Gasteiger partial charge is 0.455 e. The number of alkyl halides is 3. The summed E-state index contributed by atoms with van der Waals surface area (Å²) in [6.07, 6.45) is -3.52. The molecule has 0 aliphatic carbocycles. The molecule has 1 rings (SSSR count). The molecule has 0 aromatic heterocycles. The van der Waals surface area contributed by atoms with Gasteiger partial charge in [0.05, 0.1) is 0 Å². The lowest BCUT2D eigenvalue weighted by Crippen LogP contribution is -2.37. The van der Waals surface area contributed by atoms with Gasteiger partial charge in [0, 0.05) is 0 Å². The molecule has 0 fully saturated rings. The minimum absolute atomic E-state index is 0.386. The normalized spacial score (nSPS) is 13.1. The van der Waals surface area contributed by atoms with Gasteiger partial charge < -0.3 is 10.1 Å². The Bertz CT molecular complexity index is 393. The van der Waals surface area contributed by atoms with Crippen LogP contribution in [0.15, 0.2) is 30.3 Å². The molecule has 0 unspecified atom stereocenters. The average molecular weight is 275 g/mol. The van der Waals surface area contributed by atoms with E-state index < -0.39 is 24.8 Å². The van der Waals surface area contributed by atoms with Crippen molar-refractivity contribution in [2.24, 2.45) is 0 Å². The predicted octanol–water partition coefficient (Wildman–Crippen LogP) is 2.31. The number of benzene rings is 1. The van der Waals surface area contributed by atoms with Gasteiger partial charge in [0.15, 0.2) is 6.61 Å². The monoisotopic (exact) mass is 275 g/mol. The molecule has 1 aromatic rings. The molecule has 0 saturated heterocycles. The standard InChI is InChI=1S/C13H16F3NO2/c1-17-11(12(18)19-9-13(14,15)16)8-7-10-5-3-2-4-6-10/h2-6,11,17H,7-9H2,1H3/t11-/m0/s1. The van der Waals surface area contributed by atoms with Crippen LogP contribution < -0.4 is 5.32 Å². The van der Waals surface area contributed by atoms with Gasteiger partial charge in [0.1, 0.15) is 6.04 Å². The number of hydrogen-bond donors (Lipinski definition) is 1. The van der Waals surface area contributed by atoms with E-state index in [1.54, 1.807) is 0 Å². The second kappa shape index (κ2) is 7.13. The van der Waals surface area contributed by atoms with Crippen molar-refractivity contribution >= 4 is 5.97 Å². The smallest absolute Gasteiger partial charge is 0.422 e. The molecule has 1 atom stereocenters. The van der Waals surface area contributed by atoms with E-state index in [4.69, 9.17) is 0 Å². The van der Waals surface area contributed by atoms with Crippen molar-refractivity contribution in [1.82, 2.24) is 5.32 Å². The third kappa shape index (κ3) is 6.24. The molecule has 0 spiro atoms. The van der Waals surface area contributed by atoms with Crippen LogP contribution in [0, 0.1) is 0 Å². The van der Waals surface area contributed by atoms with E-state index in [-0.39, 0.29) is 0 Å². The number of nitrogens with one attached hydrogen (secondary N) is 1. The fourth-order valence-electron chi connectivity index (χ4n) is 1.59. The molecule has 0 aliphatic heterocycles. The van der Waals surface area contributed by atoms with Crippen LogP contribution in [0.3, 0.4) is 0 Å². The highest BCUT2D eigenvalue weighted by Crippen LogP contribution is 2.15. The molecule has 106 valence electrons. The fraction of sp³-hybridized carbons (Fsp3) is 0.462. The lowest BCUT2D eigenvalue weighted by Gasteiger charge is -2.16. The lowest BCUT2D eigenvalue weighted by molar-refractivity contribution is -0.187. The zero-order valence-corrected chi connectivity index (χ0v) is 10.5. The minimum atomic E-state index is -4.49. The molecule has 0 radical (unpaired) electrons. The van der Waals surface area contributed by atoms with Gasteiger partial charge in [-0.15, -0.1) is 0 Å². The first-order valence-electron chi connectivity index (χ1n) is 5.87. The molecule has 19 heavy (non-hydrogen) atoms. The first-order valence-corrected chi connectivity index (χ1v) is 5.87. The van der Waals surface area contributed by atoms with Crippen LogP contribution in [0.4, 0.5) is 13.2 Å². The maximum absolute atomic E-state index is 11.9. The van der Waals surface area contributed by atoms with E-state index in [9.17, 15) is 18.0 Å². The summed E-state index contributed by atoms with van der Waals surface area (Å²) in [6.45, 7) is -1.55. The van der Waals surface area contributed by atoms with Gasteiger partial charge in [-0.1, -0.05) is 30.3 Å². The number of rotatable bonds is 6. The van der Waals surface area contributed by atoms with E-state index in [1.807, 2.05) is 30.3 Å². The molecule has 0 amide bonds. The van der Waals surface area contributed by atoms with Crippen molar-refractivity contribution in [3.05, 3.63) is 35.9 Å². The van der Waals surface area contributed by atoms with E-state index >= 15 is 0 Å². The maximum Gasteiger partial charge on any atom is 0.422 e. The van der Waals surface area contributed by atoms with Crippen LogP contribution in [0.1, 0.15) is 12.0 Å². The molecule has 1 aromatic carbocycles. The maximum atomic E-state index is 11.9.